The van der Waals surface area contributed by atoms with E-state index >= 15 is 0 Å². The van der Waals surface area contributed by atoms with E-state index in [4.69, 9.17) is 11.6 Å². The summed E-state index contributed by atoms with van der Waals surface area (Å²) in [5.41, 5.74) is 0.675. The van der Waals surface area contributed by atoms with E-state index in [2.05, 4.69) is 10.3 Å². The molecule has 1 N–H and O–H groups in total. The maximum atomic E-state index is 11.5. The molecular formula is C10H11ClN2O. The molecule has 1 aliphatic rings. The lowest BCUT2D eigenvalue weighted by atomic mass is 9.85. The van der Waals surface area contributed by atoms with E-state index in [1.54, 1.807) is 18.5 Å². The average molecular weight is 211 g/mol. The van der Waals surface area contributed by atoms with Gasteiger partial charge in [-0.2, -0.15) is 0 Å². The van der Waals surface area contributed by atoms with E-state index in [9.17, 15) is 4.79 Å². The monoisotopic (exact) mass is 210 g/mol. The van der Waals surface area contributed by atoms with Gasteiger partial charge in [0, 0.05) is 12.1 Å². The van der Waals surface area contributed by atoms with Crippen LogP contribution in [0.3, 0.4) is 0 Å². The molecule has 0 spiro atoms. The number of halogens is 1. The fraction of sp³-hybridized carbons (Fsp3) is 0.400. The molecule has 14 heavy (non-hydrogen) atoms. The summed E-state index contributed by atoms with van der Waals surface area (Å²) in [5, 5.41) is 3.34. The van der Waals surface area contributed by atoms with Crippen LogP contribution in [0.5, 0.6) is 0 Å². The molecule has 4 heteroatoms. The standard InChI is InChI=1S/C10H11ClN2O/c11-8-4-9(6-12-5-8)13-10(14)7-2-1-3-7/h4-7H,1-3H2,(H,13,14). The minimum absolute atomic E-state index is 0.0836. The Morgan fingerprint density at radius 2 is 2.29 bits per heavy atom. The summed E-state index contributed by atoms with van der Waals surface area (Å²) in [6, 6.07) is 1.70. The smallest absolute Gasteiger partial charge is 0.227 e. The lowest BCUT2D eigenvalue weighted by Gasteiger charge is -2.23. The summed E-state index contributed by atoms with van der Waals surface area (Å²) in [6.07, 6.45) is 6.30. The predicted molar refractivity (Wildman–Crippen MR) is 55.2 cm³/mol. The number of pyridine rings is 1. The number of amides is 1. The van der Waals surface area contributed by atoms with Crippen LogP contribution in [-0.4, -0.2) is 10.9 Å². The topological polar surface area (TPSA) is 42.0 Å². The van der Waals surface area contributed by atoms with Crippen LogP contribution < -0.4 is 5.32 Å². The number of nitrogens with one attached hydrogen (secondary N) is 1. The highest BCUT2D eigenvalue weighted by Gasteiger charge is 2.25. The molecule has 1 saturated carbocycles. The van der Waals surface area contributed by atoms with E-state index in [-0.39, 0.29) is 11.8 Å². The van der Waals surface area contributed by atoms with Gasteiger partial charge in [-0.15, -0.1) is 0 Å². The third-order valence-electron chi connectivity index (χ3n) is 2.45. The molecule has 1 aromatic rings. The van der Waals surface area contributed by atoms with Crippen LogP contribution in [0.25, 0.3) is 0 Å². The quantitative estimate of drug-likeness (QED) is 0.815. The Kier molecular flexibility index (Phi) is 2.68. The maximum absolute atomic E-state index is 11.5. The molecule has 1 aromatic heterocycles. The van der Waals surface area contributed by atoms with Gasteiger partial charge in [-0.1, -0.05) is 18.0 Å². The number of anilines is 1. The van der Waals surface area contributed by atoms with Gasteiger partial charge < -0.3 is 5.32 Å². The van der Waals surface area contributed by atoms with Crippen LogP contribution in [0.2, 0.25) is 5.02 Å². The van der Waals surface area contributed by atoms with Gasteiger partial charge in [0.05, 0.1) is 16.9 Å². The first-order valence-corrected chi connectivity index (χ1v) is 5.05. The van der Waals surface area contributed by atoms with Crippen molar-refractivity contribution in [2.24, 2.45) is 5.92 Å². The first-order chi connectivity index (χ1) is 6.75. The molecule has 0 atom stereocenters. The van der Waals surface area contributed by atoms with Gasteiger partial charge >= 0.3 is 0 Å². The van der Waals surface area contributed by atoms with Crippen molar-refractivity contribution in [1.29, 1.82) is 0 Å². The Labute approximate surface area is 87.5 Å². The third kappa shape index (κ3) is 2.04. The highest BCUT2D eigenvalue weighted by Crippen LogP contribution is 2.27. The van der Waals surface area contributed by atoms with Crippen molar-refractivity contribution in [2.45, 2.75) is 19.3 Å². The first kappa shape index (κ1) is 9.46. The highest BCUT2D eigenvalue weighted by atomic mass is 35.5. The van der Waals surface area contributed by atoms with E-state index in [1.807, 2.05) is 0 Å². The highest BCUT2D eigenvalue weighted by molar-refractivity contribution is 6.30. The summed E-state index contributed by atoms with van der Waals surface area (Å²) in [6.45, 7) is 0. The Morgan fingerprint density at radius 1 is 1.50 bits per heavy atom. The second kappa shape index (κ2) is 3.96. The van der Waals surface area contributed by atoms with Gasteiger partial charge in [-0.25, -0.2) is 0 Å². The molecule has 0 bridgehead atoms. The van der Waals surface area contributed by atoms with Gasteiger partial charge in [0.2, 0.25) is 5.91 Å². The normalized spacial score (nSPS) is 16.1. The van der Waals surface area contributed by atoms with Crippen LogP contribution in [0.15, 0.2) is 18.5 Å². The number of carbonyl (C=O) groups is 1. The van der Waals surface area contributed by atoms with Crippen LogP contribution in [0.4, 0.5) is 5.69 Å². The summed E-state index contributed by atoms with van der Waals surface area (Å²) in [5.74, 6) is 0.272. The molecule has 2 rings (SSSR count). The zero-order chi connectivity index (χ0) is 9.97. The molecule has 74 valence electrons. The number of hydrogen-bond acceptors (Lipinski definition) is 2. The van der Waals surface area contributed by atoms with E-state index < -0.39 is 0 Å². The van der Waals surface area contributed by atoms with Crippen LogP contribution >= 0.6 is 11.6 Å². The summed E-state index contributed by atoms with van der Waals surface area (Å²) < 4.78 is 0. The molecule has 0 unspecified atom stereocenters. The van der Waals surface area contributed by atoms with Crippen LogP contribution in [0.1, 0.15) is 19.3 Å². The van der Waals surface area contributed by atoms with Crippen LogP contribution in [-0.2, 0) is 4.79 Å². The molecular weight excluding hydrogens is 200 g/mol. The molecule has 0 radical (unpaired) electrons. The molecule has 1 heterocycles. The first-order valence-electron chi connectivity index (χ1n) is 4.67. The fourth-order valence-corrected chi connectivity index (χ4v) is 1.57. The van der Waals surface area contributed by atoms with Crippen molar-refractivity contribution < 1.29 is 4.79 Å². The molecule has 1 aliphatic carbocycles. The third-order valence-corrected chi connectivity index (χ3v) is 2.66. The predicted octanol–water partition coefficient (Wildman–Crippen LogP) is 2.47. The summed E-state index contributed by atoms with van der Waals surface area (Å²) in [7, 11) is 0. The number of hydrogen-bond donors (Lipinski definition) is 1. The molecule has 0 aliphatic heterocycles. The summed E-state index contributed by atoms with van der Waals surface area (Å²) >= 11 is 5.74. The minimum atomic E-state index is 0.0836. The van der Waals surface area contributed by atoms with E-state index in [1.165, 1.54) is 0 Å². The number of rotatable bonds is 2. The lowest BCUT2D eigenvalue weighted by molar-refractivity contribution is -0.122. The minimum Gasteiger partial charge on any atom is -0.324 e. The van der Waals surface area contributed by atoms with Gasteiger partial charge in [0.25, 0.3) is 0 Å². The molecule has 1 amide bonds. The number of carbonyl (C=O) groups excluding carboxylic acids is 1. The largest absolute Gasteiger partial charge is 0.324 e. The molecule has 3 nitrogen and oxygen atoms in total. The SMILES string of the molecule is O=C(Nc1cncc(Cl)c1)C1CCC1. The average Bonchev–Trinajstić information content (AvgIpc) is 1.99. The van der Waals surface area contributed by atoms with Gasteiger partial charge in [0.1, 0.15) is 0 Å². The number of aromatic nitrogens is 1. The van der Waals surface area contributed by atoms with Crippen molar-refractivity contribution in [1.82, 2.24) is 4.98 Å². The second-order valence-corrected chi connectivity index (χ2v) is 3.95. The van der Waals surface area contributed by atoms with E-state index in [0.717, 1.165) is 19.3 Å². The maximum Gasteiger partial charge on any atom is 0.227 e. The molecule has 0 saturated heterocycles. The van der Waals surface area contributed by atoms with Crippen molar-refractivity contribution in [3.8, 4) is 0 Å². The Balaban J connectivity index is 1.99. The van der Waals surface area contributed by atoms with Gasteiger partial charge in [0.15, 0.2) is 0 Å². The Bertz CT molecular complexity index is 350. The zero-order valence-electron chi connectivity index (χ0n) is 7.66. The fourth-order valence-electron chi connectivity index (χ4n) is 1.39. The molecule has 1 fully saturated rings. The Morgan fingerprint density at radius 3 is 2.86 bits per heavy atom. The summed E-state index contributed by atoms with van der Waals surface area (Å²) in [4.78, 5) is 15.4. The van der Waals surface area contributed by atoms with Crippen molar-refractivity contribution >= 4 is 23.2 Å². The lowest BCUT2D eigenvalue weighted by Crippen LogP contribution is -2.28. The van der Waals surface area contributed by atoms with Crippen molar-refractivity contribution in [2.75, 3.05) is 5.32 Å². The second-order valence-electron chi connectivity index (χ2n) is 3.51. The van der Waals surface area contributed by atoms with Crippen molar-refractivity contribution in [3.63, 3.8) is 0 Å². The van der Waals surface area contributed by atoms with Gasteiger partial charge in [-0.3, -0.25) is 9.78 Å². The van der Waals surface area contributed by atoms with Crippen molar-refractivity contribution in [3.05, 3.63) is 23.5 Å². The zero-order valence-corrected chi connectivity index (χ0v) is 8.42. The molecule has 0 aromatic carbocycles. The Hall–Kier alpha value is -1.09. The number of nitrogens with zero attached hydrogens (tertiary/aromatic N) is 1. The van der Waals surface area contributed by atoms with Gasteiger partial charge in [-0.05, 0) is 18.9 Å². The van der Waals surface area contributed by atoms with E-state index in [0.29, 0.717) is 10.7 Å². The van der Waals surface area contributed by atoms with Crippen LogP contribution in [0, 0.1) is 5.92 Å².